The maximum absolute atomic E-state index is 11.3. The second-order valence-corrected chi connectivity index (χ2v) is 6.15. The highest BCUT2D eigenvalue weighted by Gasteiger charge is 2.20. The second kappa shape index (κ2) is 5.66. The number of nitrogens with one attached hydrogen (secondary N) is 1. The third-order valence-corrected chi connectivity index (χ3v) is 2.82. The molecule has 0 aliphatic carbocycles. The van der Waals surface area contributed by atoms with Gasteiger partial charge in [-0.15, -0.1) is 4.40 Å². The molecule has 1 aliphatic heterocycles. The first-order chi connectivity index (χ1) is 8.18. The van der Waals surface area contributed by atoms with Crippen LogP contribution in [0.1, 0.15) is 33.6 Å². The number of hydrogen-bond acceptors (Lipinski definition) is 5. The van der Waals surface area contributed by atoms with Gasteiger partial charge in [-0.3, -0.25) is 0 Å². The molecule has 0 saturated carbocycles. The number of nitrogens with zero attached hydrogens (tertiary/aromatic N) is 1. The van der Waals surface area contributed by atoms with Crippen molar-refractivity contribution in [1.82, 2.24) is 5.32 Å². The van der Waals surface area contributed by atoms with Crippen LogP contribution in [0.4, 0.5) is 4.79 Å². The second-order valence-electron chi connectivity index (χ2n) is 4.88. The van der Waals surface area contributed by atoms with E-state index in [1.54, 1.807) is 20.8 Å². The van der Waals surface area contributed by atoms with Gasteiger partial charge in [0.1, 0.15) is 12.2 Å². The lowest BCUT2D eigenvalue weighted by atomic mass is 10.2. The van der Waals surface area contributed by atoms with Gasteiger partial charge in [0.25, 0.3) is 0 Å². The Morgan fingerprint density at radius 3 is 2.67 bits per heavy atom. The van der Waals surface area contributed by atoms with E-state index >= 15 is 0 Å². The minimum Gasteiger partial charge on any atom is -0.444 e. The molecule has 0 spiro atoms. The van der Waals surface area contributed by atoms with Crippen molar-refractivity contribution >= 4 is 22.1 Å². The van der Waals surface area contributed by atoms with E-state index in [0.29, 0.717) is 25.1 Å². The summed E-state index contributed by atoms with van der Waals surface area (Å²) in [5.74, 6) is 0. The summed E-state index contributed by atoms with van der Waals surface area (Å²) >= 11 is 0. The van der Waals surface area contributed by atoms with Crippen molar-refractivity contribution in [2.45, 2.75) is 39.2 Å². The van der Waals surface area contributed by atoms with Crippen LogP contribution in [0.3, 0.4) is 0 Å². The van der Waals surface area contributed by atoms with Crippen LogP contribution in [-0.4, -0.2) is 39.0 Å². The highest BCUT2D eigenvalue weighted by atomic mass is 32.2. The Morgan fingerprint density at radius 1 is 1.50 bits per heavy atom. The molecule has 0 unspecified atom stereocenters. The molecule has 1 aliphatic rings. The zero-order valence-electron chi connectivity index (χ0n) is 10.7. The van der Waals surface area contributed by atoms with Crippen molar-refractivity contribution in [2.75, 3.05) is 13.2 Å². The smallest absolute Gasteiger partial charge is 0.407 e. The topological polar surface area (TPSA) is 94.1 Å². The normalized spacial score (nSPS) is 18.3. The molecule has 104 valence electrons. The monoisotopic (exact) mass is 278 g/mol. The molecule has 1 rings (SSSR count). The van der Waals surface area contributed by atoms with Crippen molar-refractivity contribution in [2.24, 2.45) is 4.40 Å². The molecule has 0 radical (unpaired) electrons. The Kier molecular flexibility index (Phi) is 4.69. The molecule has 7 nitrogen and oxygen atoms in total. The van der Waals surface area contributed by atoms with Crippen molar-refractivity contribution in [3.05, 3.63) is 0 Å². The van der Waals surface area contributed by atoms with Crippen LogP contribution in [-0.2, 0) is 19.2 Å². The number of amides is 1. The lowest BCUT2D eigenvalue weighted by Gasteiger charge is -2.19. The van der Waals surface area contributed by atoms with E-state index in [0.717, 1.165) is 0 Å². The summed E-state index contributed by atoms with van der Waals surface area (Å²) in [4.78, 5) is 11.3. The number of hydrogen-bond donors (Lipinski definition) is 1. The fourth-order valence-corrected chi connectivity index (χ4v) is 2.07. The predicted molar refractivity (Wildman–Crippen MR) is 65.8 cm³/mol. The van der Waals surface area contributed by atoms with Gasteiger partial charge in [0.15, 0.2) is 0 Å². The Bertz CT molecular complexity index is 436. The third kappa shape index (κ3) is 5.97. The number of ether oxygens (including phenoxy) is 1. The number of carbonyl (C=O) groups is 1. The first-order valence-electron chi connectivity index (χ1n) is 5.62. The zero-order chi connectivity index (χ0) is 13.8. The summed E-state index contributed by atoms with van der Waals surface area (Å²) in [6, 6.07) is 0. The van der Waals surface area contributed by atoms with Gasteiger partial charge in [-0.2, -0.15) is 8.42 Å². The molecule has 0 atom stereocenters. The fraction of sp³-hybridized carbons (Fsp3) is 0.800. The predicted octanol–water partition coefficient (Wildman–Crippen LogP) is 1.01. The Hall–Kier alpha value is -1.15. The van der Waals surface area contributed by atoms with Crippen molar-refractivity contribution in [3.8, 4) is 0 Å². The van der Waals surface area contributed by atoms with E-state index in [-0.39, 0.29) is 6.61 Å². The number of rotatable bonds is 4. The van der Waals surface area contributed by atoms with E-state index in [1.165, 1.54) is 0 Å². The molecule has 8 heteroatoms. The molecule has 0 bridgehead atoms. The van der Waals surface area contributed by atoms with Gasteiger partial charge >= 0.3 is 16.4 Å². The SMILES string of the molecule is CC(C)(C)OC(=O)NCCCC1=NS(=O)(=O)OC1. The standard InChI is InChI=1S/C10H18N2O5S/c1-10(2,3)17-9(13)11-6-4-5-8-7-16-18(14,15)12-8/h4-7H2,1-3H3,(H,11,13). The number of alkyl carbamates (subject to hydrolysis) is 1. The first kappa shape index (κ1) is 14.9. The van der Waals surface area contributed by atoms with Crippen LogP contribution in [0.15, 0.2) is 4.40 Å². The van der Waals surface area contributed by atoms with Crippen LogP contribution in [0.25, 0.3) is 0 Å². The van der Waals surface area contributed by atoms with Crippen molar-refractivity contribution < 1.29 is 22.1 Å². The Labute approximate surface area is 107 Å². The molecule has 1 heterocycles. The van der Waals surface area contributed by atoms with E-state index in [9.17, 15) is 13.2 Å². The zero-order valence-corrected chi connectivity index (χ0v) is 11.5. The van der Waals surface area contributed by atoms with Gasteiger partial charge in [0.05, 0.1) is 5.71 Å². The molecular formula is C10H18N2O5S. The van der Waals surface area contributed by atoms with E-state index in [1.807, 2.05) is 0 Å². The molecule has 0 aromatic rings. The minimum atomic E-state index is -3.70. The lowest BCUT2D eigenvalue weighted by Crippen LogP contribution is -2.33. The molecular weight excluding hydrogens is 260 g/mol. The van der Waals surface area contributed by atoms with E-state index in [2.05, 4.69) is 13.9 Å². The van der Waals surface area contributed by atoms with E-state index < -0.39 is 22.0 Å². The van der Waals surface area contributed by atoms with Gasteiger partial charge in [0.2, 0.25) is 0 Å². The third-order valence-electron chi connectivity index (χ3n) is 1.93. The minimum absolute atomic E-state index is 0.00870. The summed E-state index contributed by atoms with van der Waals surface area (Å²) in [6.07, 6.45) is 0.561. The molecule has 1 N–H and O–H groups in total. The van der Waals surface area contributed by atoms with Gasteiger partial charge in [-0.05, 0) is 33.6 Å². The quantitative estimate of drug-likeness (QED) is 0.774. The molecule has 0 saturated heterocycles. The van der Waals surface area contributed by atoms with Crippen LogP contribution in [0.2, 0.25) is 0 Å². The Balaban J connectivity index is 2.18. The first-order valence-corrected chi connectivity index (χ1v) is 6.98. The molecule has 18 heavy (non-hydrogen) atoms. The van der Waals surface area contributed by atoms with Gasteiger partial charge in [0, 0.05) is 6.54 Å². The van der Waals surface area contributed by atoms with Crippen LogP contribution < -0.4 is 5.32 Å². The van der Waals surface area contributed by atoms with Crippen LogP contribution in [0.5, 0.6) is 0 Å². The summed E-state index contributed by atoms with van der Waals surface area (Å²) < 4.78 is 34.6. The van der Waals surface area contributed by atoms with Crippen molar-refractivity contribution in [1.29, 1.82) is 0 Å². The fourth-order valence-electron chi connectivity index (χ4n) is 1.27. The molecule has 1 amide bonds. The maximum atomic E-state index is 11.3. The summed E-state index contributed by atoms with van der Waals surface area (Å²) in [5, 5.41) is 2.58. The van der Waals surface area contributed by atoms with Gasteiger partial charge in [-0.1, -0.05) is 0 Å². The molecule has 0 fully saturated rings. The highest BCUT2D eigenvalue weighted by molar-refractivity contribution is 7.85. The maximum Gasteiger partial charge on any atom is 0.407 e. The highest BCUT2D eigenvalue weighted by Crippen LogP contribution is 2.09. The van der Waals surface area contributed by atoms with E-state index in [4.69, 9.17) is 4.74 Å². The Morgan fingerprint density at radius 2 is 2.17 bits per heavy atom. The largest absolute Gasteiger partial charge is 0.444 e. The van der Waals surface area contributed by atoms with Gasteiger partial charge < -0.3 is 10.1 Å². The summed E-state index contributed by atoms with van der Waals surface area (Å²) in [7, 11) is -3.70. The summed E-state index contributed by atoms with van der Waals surface area (Å²) in [6.45, 7) is 5.74. The number of carbonyl (C=O) groups excluding carboxylic acids is 1. The molecule has 0 aromatic heterocycles. The van der Waals surface area contributed by atoms with Crippen LogP contribution >= 0.6 is 0 Å². The average molecular weight is 278 g/mol. The van der Waals surface area contributed by atoms with Crippen molar-refractivity contribution in [3.63, 3.8) is 0 Å². The molecule has 0 aromatic carbocycles. The van der Waals surface area contributed by atoms with Gasteiger partial charge in [-0.25, -0.2) is 8.98 Å². The average Bonchev–Trinajstić information content (AvgIpc) is 2.50. The summed E-state index contributed by atoms with van der Waals surface area (Å²) in [5.41, 5.74) is -0.0531. The lowest BCUT2D eigenvalue weighted by molar-refractivity contribution is 0.0527. The van der Waals surface area contributed by atoms with Crippen LogP contribution in [0, 0.1) is 0 Å².